The molecule has 1 heterocycles. The van der Waals surface area contributed by atoms with E-state index >= 15 is 0 Å². The third-order valence-corrected chi connectivity index (χ3v) is 4.28. The van der Waals surface area contributed by atoms with E-state index in [4.69, 9.17) is 20.8 Å². The largest absolute Gasteiger partial charge is 0.481 e. The van der Waals surface area contributed by atoms with Crippen LogP contribution in [0, 0.1) is 5.82 Å². The van der Waals surface area contributed by atoms with E-state index < -0.39 is 17.5 Å². The highest BCUT2D eigenvalue weighted by molar-refractivity contribution is 6.33. The van der Waals surface area contributed by atoms with Crippen molar-refractivity contribution >= 4 is 28.5 Å². The van der Waals surface area contributed by atoms with E-state index in [0.29, 0.717) is 28.8 Å². The lowest BCUT2D eigenvalue weighted by atomic mass is 10.0. The van der Waals surface area contributed by atoms with Gasteiger partial charge >= 0.3 is 5.63 Å². The molecule has 0 fully saturated rings. The Morgan fingerprint density at radius 3 is 2.70 bits per heavy atom. The topological polar surface area (TPSA) is 68.5 Å². The molecule has 1 amide bonds. The van der Waals surface area contributed by atoms with Gasteiger partial charge in [0.25, 0.3) is 5.91 Å². The van der Waals surface area contributed by atoms with Gasteiger partial charge in [0, 0.05) is 35.2 Å². The van der Waals surface area contributed by atoms with Crippen LogP contribution < -0.4 is 15.7 Å². The zero-order valence-corrected chi connectivity index (χ0v) is 15.5. The number of rotatable bonds is 5. The van der Waals surface area contributed by atoms with Gasteiger partial charge in [0.1, 0.15) is 17.1 Å². The highest BCUT2D eigenvalue weighted by Crippen LogP contribution is 2.34. The normalized spacial score (nSPS) is 12.0. The molecule has 7 heteroatoms. The number of ether oxygens (including phenoxy) is 1. The molecule has 1 aromatic heterocycles. The predicted octanol–water partition coefficient (Wildman–Crippen LogP) is 4.16. The lowest BCUT2D eigenvalue weighted by molar-refractivity contribution is -0.127. The molecule has 1 N–H and O–H groups in total. The highest BCUT2D eigenvalue weighted by Gasteiger charge is 2.16. The van der Waals surface area contributed by atoms with Crippen LogP contribution in [0.25, 0.3) is 22.1 Å². The summed E-state index contributed by atoms with van der Waals surface area (Å²) in [5, 5.41) is 3.47. The number of likely N-dealkylation sites (N-methyl/N-ethyl adjacent to an activating group) is 1. The number of nitrogens with one attached hydrogen (secondary N) is 1. The van der Waals surface area contributed by atoms with E-state index in [9.17, 15) is 14.0 Å². The fraction of sp³-hybridized carbons (Fsp3) is 0.200. The van der Waals surface area contributed by atoms with Crippen molar-refractivity contribution in [1.29, 1.82) is 0 Å². The highest BCUT2D eigenvalue weighted by atomic mass is 35.5. The molecule has 1 unspecified atom stereocenters. The van der Waals surface area contributed by atoms with E-state index in [1.165, 1.54) is 30.3 Å². The summed E-state index contributed by atoms with van der Waals surface area (Å²) < 4.78 is 24.2. The smallest absolute Gasteiger partial charge is 0.336 e. The quantitative estimate of drug-likeness (QED) is 0.665. The number of carbonyl (C=O) groups excluding carboxylic acids is 1. The maximum Gasteiger partial charge on any atom is 0.336 e. The van der Waals surface area contributed by atoms with Crippen molar-refractivity contribution in [2.75, 3.05) is 6.54 Å². The van der Waals surface area contributed by atoms with Gasteiger partial charge in [-0.3, -0.25) is 4.79 Å². The van der Waals surface area contributed by atoms with E-state index in [-0.39, 0.29) is 16.5 Å². The van der Waals surface area contributed by atoms with Crippen molar-refractivity contribution in [2.24, 2.45) is 0 Å². The molecule has 0 spiro atoms. The Kier molecular flexibility index (Phi) is 5.46. The van der Waals surface area contributed by atoms with Crippen LogP contribution >= 0.6 is 11.6 Å². The molecule has 0 aliphatic heterocycles. The fourth-order valence-corrected chi connectivity index (χ4v) is 2.99. The zero-order chi connectivity index (χ0) is 19.6. The third kappa shape index (κ3) is 4.11. The molecule has 0 aliphatic carbocycles. The number of hydrogen-bond donors (Lipinski definition) is 1. The molecular weight excluding hydrogens is 373 g/mol. The Balaban J connectivity index is 2.03. The summed E-state index contributed by atoms with van der Waals surface area (Å²) in [5.41, 5.74) is 0.736. The Morgan fingerprint density at radius 2 is 2.00 bits per heavy atom. The van der Waals surface area contributed by atoms with Crippen LogP contribution in [0.4, 0.5) is 4.39 Å². The number of fused-ring (bicyclic) bond motifs is 1. The van der Waals surface area contributed by atoms with E-state index in [1.54, 1.807) is 19.1 Å². The molecule has 0 bridgehead atoms. The van der Waals surface area contributed by atoms with Gasteiger partial charge in [0.2, 0.25) is 0 Å². The molecule has 0 saturated carbocycles. The summed E-state index contributed by atoms with van der Waals surface area (Å²) in [4.78, 5) is 23.8. The second-order valence-corrected chi connectivity index (χ2v) is 6.32. The van der Waals surface area contributed by atoms with Gasteiger partial charge in [-0.05, 0) is 44.2 Å². The zero-order valence-electron chi connectivity index (χ0n) is 14.7. The van der Waals surface area contributed by atoms with Crippen LogP contribution in [0.15, 0.2) is 51.7 Å². The van der Waals surface area contributed by atoms with Gasteiger partial charge in [0.05, 0.1) is 5.02 Å². The Bertz CT molecular complexity index is 1060. The minimum Gasteiger partial charge on any atom is -0.481 e. The number of halogens is 2. The molecule has 0 aliphatic rings. The average Bonchev–Trinajstić information content (AvgIpc) is 2.61. The van der Waals surface area contributed by atoms with Gasteiger partial charge in [-0.25, -0.2) is 9.18 Å². The van der Waals surface area contributed by atoms with Crippen LogP contribution in [-0.2, 0) is 4.79 Å². The average molecular weight is 390 g/mol. The number of hydrogen-bond acceptors (Lipinski definition) is 4. The second kappa shape index (κ2) is 7.80. The first-order valence-electron chi connectivity index (χ1n) is 8.36. The van der Waals surface area contributed by atoms with Crippen molar-refractivity contribution in [3.63, 3.8) is 0 Å². The van der Waals surface area contributed by atoms with E-state index in [1.807, 2.05) is 6.92 Å². The lowest BCUT2D eigenvalue weighted by Crippen LogP contribution is -2.36. The third-order valence-electron chi connectivity index (χ3n) is 3.97. The van der Waals surface area contributed by atoms with Crippen molar-refractivity contribution < 1.29 is 18.3 Å². The van der Waals surface area contributed by atoms with Crippen LogP contribution in [0.1, 0.15) is 13.8 Å². The van der Waals surface area contributed by atoms with Gasteiger partial charge in [-0.15, -0.1) is 0 Å². The minimum atomic E-state index is -0.705. The first kappa shape index (κ1) is 18.9. The van der Waals surface area contributed by atoms with Crippen molar-refractivity contribution in [1.82, 2.24) is 5.32 Å². The van der Waals surface area contributed by atoms with E-state index in [0.717, 1.165) is 0 Å². The molecule has 0 saturated heterocycles. The summed E-state index contributed by atoms with van der Waals surface area (Å²) in [6.07, 6.45) is -0.705. The Hall–Kier alpha value is -2.86. The first-order chi connectivity index (χ1) is 12.9. The van der Waals surface area contributed by atoms with Crippen molar-refractivity contribution in [3.8, 4) is 16.9 Å². The molecule has 140 valence electrons. The Morgan fingerprint density at radius 1 is 1.22 bits per heavy atom. The molecule has 0 radical (unpaired) electrons. The van der Waals surface area contributed by atoms with Gasteiger partial charge in [-0.2, -0.15) is 0 Å². The Labute approximate surface area is 159 Å². The molecule has 27 heavy (non-hydrogen) atoms. The number of carbonyl (C=O) groups is 1. The predicted molar refractivity (Wildman–Crippen MR) is 102 cm³/mol. The summed E-state index contributed by atoms with van der Waals surface area (Å²) in [6.45, 7) is 3.94. The van der Waals surface area contributed by atoms with Gasteiger partial charge in [-0.1, -0.05) is 11.6 Å². The number of benzene rings is 2. The summed E-state index contributed by atoms with van der Waals surface area (Å²) in [6, 6.07) is 10.2. The fourth-order valence-electron chi connectivity index (χ4n) is 2.72. The van der Waals surface area contributed by atoms with E-state index in [2.05, 4.69) is 5.32 Å². The van der Waals surface area contributed by atoms with Gasteiger partial charge < -0.3 is 14.5 Å². The minimum absolute atomic E-state index is 0.187. The first-order valence-corrected chi connectivity index (χ1v) is 8.74. The summed E-state index contributed by atoms with van der Waals surface area (Å²) in [7, 11) is 0. The SMILES string of the molecule is CCNC(=O)C(C)Oc1ccc2c(-c3ccc(F)cc3Cl)cc(=O)oc2c1. The maximum absolute atomic E-state index is 13.3. The summed E-state index contributed by atoms with van der Waals surface area (Å²) in [5.74, 6) is -0.330. The second-order valence-electron chi connectivity index (χ2n) is 5.92. The van der Waals surface area contributed by atoms with Crippen LogP contribution in [0.2, 0.25) is 5.02 Å². The molecular formula is C20H17ClFNO4. The molecule has 3 rings (SSSR count). The molecule has 2 aromatic carbocycles. The molecule has 3 aromatic rings. The van der Waals surface area contributed by atoms with Crippen LogP contribution in [-0.4, -0.2) is 18.6 Å². The van der Waals surface area contributed by atoms with Crippen LogP contribution in [0.3, 0.4) is 0 Å². The van der Waals surface area contributed by atoms with Gasteiger partial charge in [0.15, 0.2) is 6.10 Å². The van der Waals surface area contributed by atoms with Crippen molar-refractivity contribution in [2.45, 2.75) is 20.0 Å². The maximum atomic E-state index is 13.3. The monoisotopic (exact) mass is 389 g/mol. The van der Waals surface area contributed by atoms with Crippen molar-refractivity contribution in [3.05, 3.63) is 63.7 Å². The summed E-state index contributed by atoms with van der Waals surface area (Å²) >= 11 is 6.14. The number of amides is 1. The standard InChI is InChI=1S/C20H17ClFNO4/c1-3-23-20(25)11(2)26-13-5-7-15-16(10-19(24)27-18(15)9-13)14-6-4-12(22)8-17(14)21/h4-11H,3H2,1-2H3,(H,23,25). The van der Waals surface area contributed by atoms with Crippen LogP contribution in [0.5, 0.6) is 5.75 Å². The molecule has 1 atom stereocenters. The molecule has 5 nitrogen and oxygen atoms in total. The lowest BCUT2D eigenvalue weighted by Gasteiger charge is -2.15.